The summed E-state index contributed by atoms with van der Waals surface area (Å²) < 4.78 is 10.7. The SMILES string of the molecule is COc1cc(/C(O)=C2\C(=O)C(=O)N(c3cccc(C)c3)C2c2ccncc2)c(OC)cc1Cl. The van der Waals surface area contributed by atoms with Crippen molar-refractivity contribution in [1.29, 1.82) is 0 Å². The number of aryl methyl sites for hydroxylation is 1. The Morgan fingerprint density at radius 3 is 2.36 bits per heavy atom. The van der Waals surface area contributed by atoms with Gasteiger partial charge in [-0.3, -0.25) is 19.5 Å². The second kappa shape index (κ2) is 8.96. The second-order valence-corrected chi connectivity index (χ2v) is 7.88. The van der Waals surface area contributed by atoms with Gasteiger partial charge in [0.2, 0.25) is 0 Å². The molecule has 1 aliphatic heterocycles. The predicted octanol–water partition coefficient (Wildman–Crippen LogP) is 4.69. The predicted molar refractivity (Wildman–Crippen MR) is 125 cm³/mol. The summed E-state index contributed by atoms with van der Waals surface area (Å²) >= 11 is 6.20. The molecule has 0 bridgehead atoms. The van der Waals surface area contributed by atoms with Crippen LogP contribution < -0.4 is 14.4 Å². The molecule has 1 fully saturated rings. The number of pyridine rings is 1. The third kappa shape index (κ3) is 3.91. The van der Waals surface area contributed by atoms with Crippen molar-refractivity contribution in [2.45, 2.75) is 13.0 Å². The summed E-state index contributed by atoms with van der Waals surface area (Å²) in [5.74, 6) is -1.44. The van der Waals surface area contributed by atoms with E-state index in [0.717, 1.165) is 5.56 Å². The van der Waals surface area contributed by atoms with Crippen LogP contribution in [0.5, 0.6) is 11.5 Å². The number of carbonyl (C=O) groups is 2. The molecule has 0 spiro atoms. The number of aromatic nitrogens is 1. The first-order chi connectivity index (χ1) is 15.9. The molecule has 8 heteroatoms. The van der Waals surface area contributed by atoms with Gasteiger partial charge in [0.05, 0.1) is 36.4 Å². The summed E-state index contributed by atoms with van der Waals surface area (Å²) in [7, 11) is 2.85. The van der Waals surface area contributed by atoms with Crippen LogP contribution in [-0.4, -0.2) is 36.0 Å². The van der Waals surface area contributed by atoms with Gasteiger partial charge in [0.1, 0.15) is 17.3 Å². The van der Waals surface area contributed by atoms with Crippen LogP contribution in [0.3, 0.4) is 0 Å². The molecule has 7 nitrogen and oxygen atoms in total. The number of hydrogen-bond acceptors (Lipinski definition) is 6. The molecule has 0 radical (unpaired) electrons. The number of anilines is 1. The number of nitrogens with zero attached hydrogens (tertiary/aromatic N) is 2. The van der Waals surface area contributed by atoms with E-state index in [1.54, 1.807) is 36.7 Å². The third-order valence-electron chi connectivity index (χ3n) is 5.48. The van der Waals surface area contributed by atoms with E-state index in [0.29, 0.717) is 11.3 Å². The molecule has 3 aromatic rings. The Balaban J connectivity index is 1.99. The molecule has 1 N–H and O–H groups in total. The fraction of sp³-hybridized carbons (Fsp3) is 0.160. The summed E-state index contributed by atoms with van der Waals surface area (Å²) in [4.78, 5) is 31.9. The Hall–Kier alpha value is -3.84. The zero-order valence-electron chi connectivity index (χ0n) is 18.2. The number of hydrogen-bond donors (Lipinski definition) is 1. The molecule has 2 aromatic carbocycles. The highest BCUT2D eigenvalue weighted by molar-refractivity contribution is 6.51. The number of benzene rings is 2. The summed E-state index contributed by atoms with van der Waals surface area (Å²) in [6.45, 7) is 1.90. The van der Waals surface area contributed by atoms with Gasteiger partial charge in [-0.1, -0.05) is 23.7 Å². The topological polar surface area (TPSA) is 89.0 Å². The van der Waals surface area contributed by atoms with Gasteiger partial charge in [-0.15, -0.1) is 0 Å². The fourth-order valence-electron chi connectivity index (χ4n) is 3.93. The van der Waals surface area contributed by atoms with Crippen molar-refractivity contribution >= 4 is 34.7 Å². The monoisotopic (exact) mass is 464 g/mol. The molecule has 168 valence electrons. The maximum absolute atomic E-state index is 13.3. The van der Waals surface area contributed by atoms with Crippen LogP contribution in [0.15, 0.2) is 66.5 Å². The molecular weight excluding hydrogens is 444 g/mol. The number of Topliss-reactive ketones (excluding diaryl/α,β-unsaturated/α-hetero) is 1. The number of aliphatic hydroxyl groups is 1. The van der Waals surface area contributed by atoms with Crippen molar-refractivity contribution in [3.63, 3.8) is 0 Å². The largest absolute Gasteiger partial charge is 0.507 e. The minimum Gasteiger partial charge on any atom is -0.507 e. The molecule has 1 unspecified atom stereocenters. The number of aliphatic hydroxyl groups excluding tert-OH is 1. The lowest BCUT2D eigenvalue weighted by atomic mass is 9.95. The smallest absolute Gasteiger partial charge is 0.300 e. The molecule has 1 aromatic heterocycles. The number of ketones is 1. The lowest BCUT2D eigenvalue weighted by molar-refractivity contribution is -0.132. The van der Waals surface area contributed by atoms with Crippen molar-refractivity contribution < 1.29 is 24.2 Å². The van der Waals surface area contributed by atoms with Gasteiger partial charge >= 0.3 is 0 Å². The first-order valence-corrected chi connectivity index (χ1v) is 10.4. The van der Waals surface area contributed by atoms with E-state index in [9.17, 15) is 14.7 Å². The number of halogens is 1. The van der Waals surface area contributed by atoms with Crippen molar-refractivity contribution in [1.82, 2.24) is 4.98 Å². The molecule has 33 heavy (non-hydrogen) atoms. The number of methoxy groups -OCH3 is 2. The molecule has 0 aliphatic carbocycles. The minimum absolute atomic E-state index is 0.0737. The summed E-state index contributed by atoms with van der Waals surface area (Å²) in [6, 6.07) is 12.7. The molecule has 2 heterocycles. The number of carbonyl (C=O) groups excluding carboxylic acids is 2. The number of rotatable bonds is 5. The number of ether oxygens (including phenoxy) is 2. The molecule has 1 atom stereocenters. The maximum Gasteiger partial charge on any atom is 0.300 e. The molecule has 1 amide bonds. The quantitative estimate of drug-likeness (QED) is 0.335. The normalized spacial score (nSPS) is 17.3. The van der Waals surface area contributed by atoms with Crippen molar-refractivity contribution in [3.8, 4) is 11.5 Å². The van der Waals surface area contributed by atoms with Gasteiger partial charge in [-0.2, -0.15) is 0 Å². The van der Waals surface area contributed by atoms with Gasteiger partial charge in [0, 0.05) is 24.1 Å². The van der Waals surface area contributed by atoms with E-state index in [1.165, 1.54) is 31.3 Å². The van der Waals surface area contributed by atoms with Gasteiger partial charge in [-0.05, 0) is 48.4 Å². The summed E-state index contributed by atoms with van der Waals surface area (Å²) in [5.41, 5.74) is 2.19. The van der Waals surface area contributed by atoms with E-state index in [4.69, 9.17) is 21.1 Å². The zero-order valence-corrected chi connectivity index (χ0v) is 19.0. The number of amides is 1. The molecule has 1 aliphatic rings. The first-order valence-electron chi connectivity index (χ1n) is 10.1. The van der Waals surface area contributed by atoms with E-state index in [2.05, 4.69) is 4.98 Å². The average molecular weight is 465 g/mol. The van der Waals surface area contributed by atoms with Crippen LogP contribution in [0.25, 0.3) is 5.76 Å². The first kappa shape index (κ1) is 22.4. The van der Waals surface area contributed by atoms with Gasteiger partial charge in [-0.25, -0.2) is 0 Å². The Labute approximate surface area is 195 Å². The summed E-state index contributed by atoms with van der Waals surface area (Å²) in [6.07, 6.45) is 3.13. The highest BCUT2D eigenvalue weighted by Crippen LogP contribution is 2.44. The Kier molecular flexibility index (Phi) is 6.07. The van der Waals surface area contributed by atoms with Crippen LogP contribution in [0.4, 0.5) is 5.69 Å². The highest BCUT2D eigenvalue weighted by atomic mass is 35.5. The van der Waals surface area contributed by atoms with Crippen LogP contribution in [0, 0.1) is 6.92 Å². The van der Waals surface area contributed by atoms with E-state index < -0.39 is 23.5 Å². The van der Waals surface area contributed by atoms with Gasteiger partial charge in [0.25, 0.3) is 11.7 Å². The van der Waals surface area contributed by atoms with Crippen LogP contribution in [0.1, 0.15) is 22.7 Å². The lowest BCUT2D eigenvalue weighted by Crippen LogP contribution is -2.29. The van der Waals surface area contributed by atoms with Crippen LogP contribution in [-0.2, 0) is 9.59 Å². The van der Waals surface area contributed by atoms with E-state index in [-0.39, 0.29) is 27.7 Å². The minimum atomic E-state index is -0.874. The van der Waals surface area contributed by atoms with Gasteiger partial charge in [0.15, 0.2) is 0 Å². The van der Waals surface area contributed by atoms with Crippen molar-refractivity contribution in [3.05, 3.63) is 88.2 Å². The van der Waals surface area contributed by atoms with Crippen molar-refractivity contribution in [2.24, 2.45) is 0 Å². The van der Waals surface area contributed by atoms with E-state index in [1.807, 2.05) is 19.1 Å². The van der Waals surface area contributed by atoms with E-state index >= 15 is 0 Å². The Bertz CT molecular complexity index is 1270. The average Bonchev–Trinajstić information content (AvgIpc) is 3.09. The highest BCUT2D eigenvalue weighted by Gasteiger charge is 2.47. The fourth-order valence-corrected chi connectivity index (χ4v) is 4.16. The van der Waals surface area contributed by atoms with Crippen LogP contribution in [0.2, 0.25) is 5.02 Å². The van der Waals surface area contributed by atoms with Crippen LogP contribution >= 0.6 is 11.6 Å². The molecule has 0 saturated carbocycles. The Morgan fingerprint density at radius 2 is 1.73 bits per heavy atom. The summed E-state index contributed by atoms with van der Waals surface area (Å²) in [5, 5.41) is 11.6. The zero-order chi connectivity index (χ0) is 23.7. The lowest BCUT2D eigenvalue weighted by Gasteiger charge is -2.25. The standard InChI is InChI=1S/C25H21ClN2O5/c1-14-5-4-6-16(11-14)28-22(15-7-9-27-10-8-15)21(24(30)25(28)31)23(29)17-12-20(33-3)18(26)13-19(17)32-2/h4-13,22,29H,1-3H3/b23-21+. The molecule has 4 rings (SSSR count). The van der Waals surface area contributed by atoms with Crippen molar-refractivity contribution in [2.75, 3.05) is 19.1 Å². The molecule has 1 saturated heterocycles. The molecular formula is C25H21ClN2O5. The van der Waals surface area contributed by atoms with Gasteiger partial charge < -0.3 is 14.6 Å². The Morgan fingerprint density at radius 1 is 1.03 bits per heavy atom. The third-order valence-corrected chi connectivity index (χ3v) is 5.77. The second-order valence-electron chi connectivity index (χ2n) is 7.48. The maximum atomic E-state index is 13.3.